The highest BCUT2D eigenvalue weighted by Crippen LogP contribution is 2.40. The molecule has 2 fully saturated rings. The molecule has 2 aliphatic carbocycles. The van der Waals surface area contributed by atoms with Crippen molar-refractivity contribution in [3.8, 4) is 10.6 Å². The van der Waals surface area contributed by atoms with Gasteiger partial charge in [-0.25, -0.2) is 14.8 Å². The molecule has 3 N–H and O–H groups in total. The van der Waals surface area contributed by atoms with Gasteiger partial charge < -0.3 is 20.7 Å². The number of pyridine rings is 1. The van der Waals surface area contributed by atoms with E-state index in [-0.39, 0.29) is 11.6 Å². The number of nitrogens with one attached hydrogen (secondary N) is 3. The van der Waals surface area contributed by atoms with Crippen LogP contribution in [0, 0.1) is 19.8 Å². The summed E-state index contributed by atoms with van der Waals surface area (Å²) in [7, 11) is 1.40. The number of nitrogens with zero attached hydrogens (tertiary/aromatic N) is 4. The van der Waals surface area contributed by atoms with Gasteiger partial charge in [0, 0.05) is 23.8 Å². The minimum absolute atomic E-state index is 0.235. The third-order valence-corrected chi connectivity index (χ3v) is 8.15. The van der Waals surface area contributed by atoms with Crippen molar-refractivity contribution in [3.05, 3.63) is 23.7 Å². The Kier molecular flexibility index (Phi) is 6.25. The van der Waals surface area contributed by atoms with Gasteiger partial charge >= 0.3 is 6.09 Å². The number of carbonyl (C=O) groups is 1. The lowest BCUT2D eigenvalue weighted by atomic mass is 9.86. The van der Waals surface area contributed by atoms with E-state index in [0.29, 0.717) is 17.9 Å². The smallest absolute Gasteiger partial charge is 0.407 e. The molecule has 186 valence electrons. The number of amides is 1. The summed E-state index contributed by atoms with van der Waals surface area (Å²) in [5.74, 6) is 1.80. The predicted molar refractivity (Wildman–Crippen MR) is 139 cm³/mol. The first-order valence-corrected chi connectivity index (χ1v) is 13.1. The van der Waals surface area contributed by atoms with E-state index in [4.69, 9.17) is 19.7 Å². The van der Waals surface area contributed by atoms with Gasteiger partial charge in [-0.05, 0) is 71.8 Å². The average molecular weight is 496 g/mol. The van der Waals surface area contributed by atoms with Crippen molar-refractivity contribution in [2.45, 2.75) is 77.4 Å². The molecule has 2 aliphatic rings. The third-order valence-electron chi connectivity index (χ3n) is 7.11. The second kappa shape index (κ2) is 9.22. The summed E-state index contributed by atoms with van der Waals surface area (Å²) >= 11 is 1.64. The van der Waals surface area contributed by atoms with E-state index in [0.717, 1.165) is 70.1 Å². The molecule has 0 radical (unpaired) electrons. The zero-order chi connectivity index (χ0) is 24.7. The fourth-order valence-electron chi connectivity index (χ4n) is 4.87. The minimum atomic E-state index is -0.392. The first kappa shape index (κ1) is 23.7. The van der Waals surface area contributed by atoms with Gasteiger partial charge in [0.1, 0.15) is 16.3 Å². The summed E-state index contributed by atoms with van der Waals surface area (Å²) in [5, 5.41) is 11.1. The maximum Gasteiger partial charge on any atom is 0.407 e. The van der Waals surface area contributed by atoms with Crippen molar-refractivity contribution in [1.82, 2.24) is 25.3 Å². The van der Waals surface area contributed by atoms with Gasteiger partial charge in [0.2, 0.25) is 5.95 Å². The van der Waals surface area contributed by atoms with E-state index >= 15 is 0 Å². The number of alkyl carbamates (subject to hydrolysis) is 1. The molecule has 1 amide bonds. The summed E-state index contributed by atoms with van der Waals surface area (Å²) in [4.78, 5) is 30.9. The molecule has 2 atom stereocenters. The van der Waals surface area contributed by atoms with Gasteiger partial charge in [-0.2, -0.15) is 4.98 Å². The van der Waals surface area contributed by atoms with E-state index in [1.54, 1.807) is 11.3 Å². The van der Waals surface area contributed by atoms with Gasteiger partial charge in [0.25, 0.3) is 0 Å². The Labute approximate surface area is 209 Å². The van der Waals surface area contributed by atoms with Crippen molar-refractivity contribution in [3.63, 3.8) is 0 Å². The molecular formula is C25H33N7O2S. The number of anilines is 2. The summed E-state index contributed by atoms with van der Waals surface area (Å²) in [6, 6.07) is 2.71. The van der Waals surface area contributed by atoms with Crippen LogP contribution >= 0.6 is 11.3 Å². The van der Waals surface area contributed by atoms with Crippen molar-refractivity contribution < 1.29 is 9.53 Å². The van der Waals surface area contributed by atoms with Crippen molar-refractivity contribution >= 4 is 39.4 Å². The van der Waals surface area contributed by atoms with Crippen LogP contribution in [0.2, 0.25) is 0 Å². The molecular weight excluding hydrogens is 462 g/mol. The number of ether oxygens (including phenoxy) is 1. The summed E-state index contributed by atoms with van der Waals surface area (Å²) in [6.45, 7) is 8.14. The van der Waals surface area contributed by atoms with Gasteiger partial charge in [-0.3, -0.25) is 4.98 Å². The topological polar surface area (TPSA) is 114 Å². The monoisotopic (exact) mass is 495 g/mol. The van der Waals surface area contributed by atoms with Crippen LogP contribution in [0.4, 0.5) is 16.6 Å². The third kappa shape index (κ3) is 5.03. The number of hydrogen-bond acceptors (Lipinski definition) is 9. The molecule has 35 heavy (non-hydrogen) atoms. The molecule has 0 aromatic carbocycles. The molecule has 10 heteroatoms. The highest BCUT2D eigenvalue weighted by atomic mass is 32.1. The van der Waals surface area contributed by atoms with Crippen molar-refractivity contribution in [1.29, 1.82) is 0 Å². The minimum Gasteiger partial charge on any atom is -0.453 e. The lowest BCUT2D eigenvalue weighted by Crippen LogP contribution is -2.48. The molecule has 2 unspecified atom stereocenters. The van der Waals surface area contributed by atoms with Crippen LogP contribution in [0.25, 0.3) is 20.8 Å². The SMILES string of the molecule is COC(=O)NC(C)(C)C1CCC(Nc2nc(NC3CC3)nc(C)c2-c2nc3c(C)nccc3s2)C1. The Bertz CT molecular complexity index is 1250. The molecule has 3 aromatic heterocycles. The predicted octanol–water partition coefficient (Wildman–Crippen LogP) is 5.05. The maximum atomic E-state index is 11.8. The van der Waals surface area contributed by atoms with Crippen LogP contribution in [0.1, 0.15) is 57.3 Å². The number of methoxy groups -OCH3 is 1. The van der Waals surface area contributed by atoms with Crippen LogP contribution in [-0.4, -0.2) is 50.8 Å². The van der Waals surface area contributed by atoms with Crippen LogP contribution in [-0.2, 0) is 4.74 Å². The molecule has 9 nitrogen and oxygen atoms in total. The van der Waals surface area contributed by atoms with Crippen LogP contribution in [0.3, 0.4) is 0 Å². The standard InChI is InChI=1S/C25H33N7O2S/c1-13-19(22-30-20-14(2)26-11-10-18(20)35-22)21(31-23(27-13)29-16-8-9-16)28-17-7-6-15(12-17)25(3,4)32-24(33)34-5/h10-11,15-17H,6-9,12H2,1-5H3,(H,32,33)(H2,27,28,29,31). The number of hydrogen-bond donors (Lipinski definition) is 3. The van der Waals surface area contributed by atoms with E-state index in [9.17, 15) is 4.79 Å². The number of carbonyl (C=O) groups excluding carboxylic acids is 1. The number of fused-ring (bicyclic) bond motifs is 1. The number of aryl methyl sites for hydroxylation is 2. The van der Waals surface area contributed by atoms with Crippen LogP contribution in [0.5, 0.6) is 0 Å². The van der Waals surface area contributed by atoms with Crippen molar-refractivity contribution in [2.24, 2.45) is 5.92 Å². The van der Waals surface area contributed by atoms with Crippen LogP contribution in [0.15, 0.2) is 12.3 Å². The molecule has 2 saturated carbocycles. The summed E-state index contributed by atoms with van der Waals surface area (Å²) < 4.78 is 5.94. The Morgan fingerprint density at radius 2 is 1.83 bits per heavy atom. The first-order chi connectivity index (χ1) is 16.7. The highest BCUT2D eigenvalue weighted by Gasteiger charge is 2.38. The summed E-state index contributed by atoms with van der Waals surface area (Å²) in [5.41, 5.74) is 3.34. The number of rotatable bonds is 7. The Morgan fingerprint density at radius 1 is 1.06 bits per heavy atom. The van der Waals surface area contributed by atoms with Gasteiger partial charge in [-0.1, -0.05) is 0 Å². The van der Waals surface area contributed by atoms with Gasteiger partial charge in [-0.15, -0.1) is 11.3 Å². The van der Waals surface area contributed by atoms with E-state index in [1.165, 1.54) is 7.11 Å². The van der Waals surface area contributed by atoms with Crippen molar-refractivity contribution in [2.75, 3.05) is 17.7 Å². The maximum absolute atomic E-state index is 11.8. The summed E-state index contributed by atoms with van der Waals surface area (Å²) in [6.07, 6.45) is 6.67. The van der Waals surface area contributed by atoms with Gasteiger partial charge in [0.15, 0.2) is 0 Å². The molecule has 3 heterocycles. The zero-order valence-electron chi connectivity index (χ0n) is 20.9. The van der Waals surface area contributed by atoms with Gasteiger partial charge in [0.05, 0.1) is 28.8 Å². The lowest BCUT2D eigenvalue weighted by molar-refractivity contribution is 0.147. The molecule has 0 spiro atoms. The molecule has 0 aliphatic heterocycles. The fourth-order valence-corrected chi connectivity index (χ4v) is 5.99. The zero-order valence-corrected chi connectivity index (χ0v) is 21.8. The second-order valence-corrected chi connectivity index (χ2v) is 11.3. The van der Waals surface area contributed by atoms with E-state index in [2.05, 4.69) is 34.8 Å². The van der Waals surface area contributed by atoms with E-state index < -0.39 is 6.09 Å². The second-order valence-electron chi connectivity index (χ2n) is 10.2. The molecule has 5 rings (SSSR count). The quantitative estimate of drug-likeness (QED) is 0.417. The number of thiazole rings is 1. The normalized spacial score (nSPS) is 20.1. The Morgan fingerprint density at radius 3 is 2.54 bits per heavy atom. The fraction of sp³-hybridized carbons (Fsp3) is 0.560. The molecule has 0 saturated heterocycles. The number of aromatic nitrogens is 4. The first-order valence-electron chi connectivity index (χ1n) is 12.2. The molecule has 0 bridgehead atoms. The van der Waals surface area contributed by atoms with E-state index in [1.807, 2.05) is 26.1 Å². The Balaban J connectivity index is 1.44. The van der Waals surface area contributed by atoms with Crippen LogP contribution < -0.4 is 16.0 Å². The largest absolute Gasteiger partial charge is 0.453 e. The lowest BCUT2D eigenvalue weighted by Gasteiger charge is -2.32. The average Bonchev–Trinajstić information content (AvgIpc) is 3.29. The Hall–Kier alpha value is -3.01. The highest BCUT2D eigenvalue weighted by molar-refractivity contribution is 7.21. The molecule has 3 aromatic rings.